The Labute approximate surface area is 318 Å². The molecule has 0 aliphatic heterocycles. The number of fused-ring (bicyclic) bond motifs is 8. The predicted octanol–water partition coefficient (Wildman–Crippen LogP) is 10.7. The van der Waals surface area contributed by atoms with Crippen molar-refractivity contribution < 1.29 is 39.8 Å². The molecule has 0 heterocycles. The molecule has 1 aliphatic rings. The van der Waals surface area contributed by atoms with Gasteiger partial charge in [-0.15, -0.1) is 0 Å². The van der Waals surface area contributed by atoms with E-state index in [1.165, 1.54) is 0 Å². The zero-order valence-corrected chi connectivity index (χ0v) is 36.2. The Bertz CT molecular complexity index is 1570. The average Bonchev–Trinajstić information content (AvgIpc) is 2.98. The molecule has 0 radical (unpaired) electrons. The summed E-state index contributed by atoms with van der Waals surface area (Å²) < 4.78 is 2.08. The van der Waals surface area contributed by atoms with Gasteiger partial charge in [0.25, 0.3) is 0 Å². The van der Waals surface area contributed by atoms with Crippen molar-refractivity contribution in [2.75, 3.05) is 0 Å². The third-order valence-corrected chi connectivity index (χ3v) is 10.1. The summed E-state index contributed by atoms with van der Waals surface area (Å²) in [7, 11) is 0. The maximum atomic E-state index is 11.9. The van der Waals surface area contributed by atoms with Crippen LogP contribution in [0.1, 0.15) is 157 Å². The molecular weight excluding hydrogens is 800 g/mol. The van der Waals surface area contributed by atoms with Crippen LogP contribution in [-0.2, 0) is 66.7 Å². The van der Waals surface area contributed by atoms with Gasteiger partial charge < -0.3 is 20.4 Å². The molecule has 0 aromatic heterocycles. The molecule has 8 bridgehead atoms. The predicted molar refractivity (Wildman–Crippen MR) is 210 cm³/mol. The second kappa shape index (κ2) is 14.6. The van der Waals surface area contributed by atoms with Gasteiger partial charge in [-0.3, -0.25) is 0 Å². The van der Waals surface area contributed by atoms with Gasteiger partial charge in [-0.25, -0.2) is 0 Å². The molecule has 0 saturated carbocycles. The molecule has 0 unspecified atom stereocenters. The fourth-order valence-corrected chi connectivity index (χ4v) is 6.67. The molecule has 4 aromatic rings. The Balaban J connectivity index is 0.00000188. The van der Waals surface area contributed by atoms with Gasteiger partial charge in [0.15, 0.2) is 0 Å². The van der Waals surface area contributed by atoms with Crippen LogP contribution in [0.15, 0.2) is 48.5 Å². The molecule has 0 spiro atoms. The van der Waals surface area contributed by atoms with E-state index in [-0.39, 0.29) is 44.7 Å². The first kappa shape index (κ1) is 40.4. The van der Waals surface area contributed by atoms with E-state index in [1.54, 1.807) is 19.4 Å². The van der Waals surface area contributed by atoms with Crippen LogP contribution >= 0.6 is 0 Å². The molecule has 5 rings (SSSR count). The molecule has 0 amide bonds. The van der Waals surface area contributed by atoms with Crippen LogP contribution in [0.3, 0.4) is 0 Å². The van der Waals surface area contributed by atoms with Gasteiger partial charge in [-0.2, -0.15) is 0 Å². The Kier molecular flexibility index (Phi) is 11.5. The van der Waals surface area contributed by atoms with E-state index in [1.807, 2.05) is 6.92 Å². The minimum atomic E-state index is -0.190. The number of phenolic OH excluding ortho intramolecular Hbond substituents is 4. The van der Waals surface area contributed by atoms with E-state index in [9.17, 15) is 20.4 Å². The van der Waals surface area contributed by atoms with Gasteiger partial charge in [0.2, 0.25) is 0 Å². The molecule has 4 nitrogen and oxygen atoms in total. The zero-order chi connectivity index (χ0) is 38.4. The number of aromatic hydroxyl groups is 4. The van der Waals surface area contributed by atoms with Gasteiger partial charge in [-0.05, 0) is 88.4 Å². The van der Waals surface area contributed by atoms with Crippen molar-refractivity contribution >= 4 is 4.40 Å². The van der Waals surface area contributed by atoms with Crippen LogP contribution in [0, 0.1) is 0 Å². The van der Waals surface area contributed by atoms with Crippen LogP contribution in [0.2, 0.25) is 0 Å². The minimum absolute atomic E-state index is 0.190. The Hall–Kier alpha value is -3.36. The van der Waals surface area contributed by atoms with Crippen molar-refractivity contribution in [1.29, 1.82) is 0 Å². The number of phenols is 4. The summed E-state index contributed by atoms with van der Waals surface area (Å²) in [6, 6.07) is 16.5. The molecule has 0 fully saturated rings. The summed E-state index contributed by atoms with van der Waals surface area (Å²) in [6.07, 6.45) is 1.35. The van der Waals surface area contributed by atoms with E-state index >= 15 is 0 Å². The first-order valence-corrected chi connectivity index (χ1v) is 19.8. The monoisotopic (exact) mass is 860 g/mol. The first-order valence-electron chi connectivity index (χ1n) is 18.2. The van der Waals surface area contributed by atoms with Crippen LogP contribution in [-0.4, -0.2) is 24.8 Å². The van der Waals surface area contributed by atoms with Crippen molar-refractivity contribution in [3.05, 3.63) is 115 Å². The van der Waals surface area contributed by atoms with Crippen molar-refractivity contribution in [3.8, 4) is 23.0 Å². The van der Waals surface area contributed by atoms with Crippen LogP contribution < -0.4 is 0 Å². The average molecular weight is 861 g/mol. The van der Waals surface area contributed by atoms with Gasteiger partial charge in [-0.1, -0.05) is 132 Å². The second-order valence-corrected chi connectivity index (χ2v) is 20.2. The van der Waals surface area contributed by atoms with Crippen molar-refractivity contribution in [3.63, 3.8) is 0 Å². The number of hydrogen-bond acceptors (Lipinski definition) is 4. The van der Waals surface area contributed by atoms with Crippen LogP contribution in [0.4, 0.5) is 0 Å². The second-order valence-electron chi connectivity index (χ2n) is 18.5. The van der Waals surface area contributed by atoms with E-state index in [0.717, 1.165) is 66.8 Å². The van der Waals surface area contributed by atoms with Crippen LogP contribution in [0.5, 0.6) is 23.0 Å². The topological polar surface area (TPSA) is 80.9 Å². The molecular formula is C46H60O4W. The summed E-state index contributed by atoms with van der Waals surface area (Å²) in [5.41, 5.74) is 9.48. The van der Waals surface area contributed by atoms with Crippen LogP contribution in [0.25, 0.3) is 0 Å². The fourth-order valence-electron chi connectivity index (χ4n) is 6.67. The van der Waals surface area contributed by atoms with E-state index in [2.05, 4.69) is 136 Å². The van der Waals surface area contributed by atoms with Gasteiger partial charge in [0.1, 0.15) is 23.0 Å². The molecule has 1 aliphatic carbocycles. The third-order valence-electron chi connectivity index (χ3n) is 10.1. The Morgan fingerprint density at radius 3 is 0.588 bits per heavy atom. The molecule has 0 saturated heterocycles. The van der Waals surface area contributed by atoms with Crippen molar-refractivity contribution in [2.45, 2.75) is 137 Å². The summed E-state index contributed by atoms with van der Waals surface area (Å²) in [6.45, 7) is 28.0. The van der Waals surface area contributed by atoms with Crippen molar-refractivity contribution in [2.24, 2.45) is 0 Å². The number of hydrogen-bond donors (Lipinski definition) is 4. The number of rotatable bonds is 0. The zero-order valence-electron chi connectivity index (χ0n) is 33.2. The van der Waals surface area contributed by atoms with Gasteiger partial charge in [0, 0.05) is 25.7 Å². The molecule has 0 atom stereocenters. The van der Waals surface area contributed by atoms with Crippen molar-refractivity contribution in [1.82, 2.24) is 0 Å². The summed E-state index contributed by atoms with van der Waals surface area (Å²) in [5, 5.41) is 47.6. The van der Waals surface area contributed by atoms with E-state index < -0.39 is 0 Å². The molecule has 4 aromatic carbocycles. The number of benzene rings is 4. The quantitative estimate of drug-likeness (QED) is 0.125. The third kappa shape index (κ3) is 9.18. The molecule has 274 valence electrons. The Morgan fingerprint density at radius 1 is 0.373 bits per heavy atom. The molecule has 5 heteroatoms. The van der Waals surface area contributed by atoms with Gasteiger partial charge >= 0.3 is 30.7 Å². The molecule has 51 heavy (non-hydrogen) atoms. The Morgan fingerprint density at radius 2 is 0.490 bits per heavy atom. The summed E-state index contributed by atoms with van der Waals surface area (Å²) in [5.74, 6) is 0.767. The van der Waals surface area contributed by atoms with Gasteiger partial charge in [0.05, 0.1) is 0 Å². The normalized spacial score (nSPS) is 13.7. The standard InChI is InChI=1S/C44H56O4.C2H4.W/c1-41(2,3)33-17-25-13-27-19-34(42(4,5)6)21-29(38(27)46)15-31-23-36(44(10,11)12)24-32(40(31)48)16-30-22-35(43(7,8)9)20-28(39(30)47)14-26(18-33)37(25)45;1-2;/h17-24,45-48H,13-16H2,1-12H3;1H,2H3;. The summed E-state index contributed by atoms with van der Waals surface area (Å²) >= 11 is 1.55. The summed E-state index contributed by atoms with van der Waals surface area (Å²) in [4.78, 5) is 0. The van der Waals surface area contributed by atoms with E-state index in [0.29, 0.717) is 25.7 Å². The first-order chi connectivity index (χ1) is 23.3. The van der Waals surface area contributed by atoms with E-state index in [4.69, 9.17) is 0 Å². The SMILES string of the molecule is CC(C)(C)c1cc2c(O)c(c1)Cc1cc(C(C)(C)C)cc(c1O)Cc1cc(C(C)(C)C)cc(c1O)Cc1cc(C(C)(C)C)cc(c1O)C2.C[CH]=[W]. The molecule has 4 N–H and O–H groups in total. The maximum absolute atomic E-state index is 11.9. The fraction of sp³-hybridized carbons (Fsp3) is 0.457.